The number of benzene rings is 1. The Morgan fingerprint density at radius 1 is 1.56 bits per heavy atom. The Labute approximate surface area is 123 Å². The van der Waals surface area contributed by atoms with Gasteiger partial charge in [-0.1, -0.05) is 17.8 Å². The number of hydrogen-bond donors (Lipinski definition) is 0. The van der Waals surface area contributed by atoms with Crippen molar-refractivity contribution in [2.75, 3.05) is 5.75 Å². The second kappa shape index (κ2) is 5.88. The Kier molecular flexibility index (Phi) is 4.45. The molecule has 0 fully saturated rings. The van der Waals surface area contributed by atoms with Gasteiger partial charge in [0.2, 0.25) is 0 Å². The SMILES string of the molecule is C=CCSc1nc2ccc(I)cc2c(=O)n1CC. The number of nitrogens with zero attached hydrogens (tertiary/aromatic N) is 2. The fraction of sp³-hybridized carbons (Fsp3) is 0.231. The summed E-state index contributed by atoms with van der Waals surface area (Å²) in [6.45, 7) is 6.28. The Balaban J connectivity index is 2.69. The molecule has 0 spiro atoms. The van der Waals surface area contributed by atoms with Crippen LogP contribution in [0.5, 0.6) is 0 Å². The Morgan fingerprint density at radius 3 is 3.00 bits per heavy atom. The smallest absolute Gasteiger partial charge is 0.262 e. The van der Waals surface area contributed by atoms with Crippen LogP contribution in [0, 0.1) is 3.57 Å². The van der Waals surface area contributed by atoms with E-state index in [9.17, 15) is 4.79 Å². The number of thioether (sulfide) groups is 1. The van der Waals surface area contributed by atoms with Crippen molar-refractivity contribution >= 4 is 45.3 Å². The van der Waals surface area contributed by atoms with Gasteiger partial charge in [0, 0.05) is 15.9 Å². The molecule has 2 aromatic rings. The maximum atomic E-state index is 12.4. The van der Waals surface area contributed by atoms with Gasteiger partial charge in [0.25, 0.3) is 5.56 Å². The molecule has 18 heavy (non-hydrogen) atoms. The van der Waals surface area contributed by atoms with Crippen molar-refractivity contribution in [3.05, 3.63) is 44.8 Å². The fourth-order valence-electron chi connectivity index (χ4n) is 1.70. The van der Waals surface area contributed by atoms with Crippen molar-refractivity contribution in [3.8, 4) is 0 Å². The molecule has 0 aliphatic heterocycles. The van der Waals surface area contributed by atoms with Gasteiger partial charge >= 0.3 is 0 Å². The Bertz CT molecular complexity index is 651. The van der Waals surface area contributed by atoms with Crippen LogP contribution in [0.3, 0.4) is 0 Å². The van der Waals surface area contributed by atoms with Crippen molar-refractivity contribution in [3.63, 3.8) is 0 Å². The summed E-state index contributed by atoms with van der Waals surface area (Å²) in [5, 5.41) is 1.45. The van der Waals surface area contributed by atoms with Gasteiger partial charge in [-0.2, -0.15) is 0 Å². The van der Waals surface area contributed by atoms with Crippen LogP contribution in [0.4, 0.5) is 0 Å². The molecule has 1 aromatic carbocycles. The van der Waals surface area contributed by atoms with Crippen LogP contribution in [0.1, 0.15) is 6.92 Å². The summed E-state index contributed by atoms with van der Waals surface area (Å²) in [5.41, 5.74) is 0.796. The molecule has 0 radical (unpaired) electrons. The second-order valence-electron chi connectivity index (χ2n) is 3.70. The van der Waals surface area contributed by atoms with E-state index in [0.29, 0.717) is 11.9 Å². The molecule has 0 N–H and O–H groups in total. The van der Waals surface area contributed by atoms with Crippen LogP contribution in [0.15, 0.2) is 40.8 Å². The maximum Gasteiger partial charge on any atom is 0.262 e. The third kappa shape index (κ3) is 2.61. The number of rotatable bonds is 4. The van der Waals surface area contributed by atoms with Crippen molar-refractivity contribution in [1.82, 2.24) is 9.55 Å². The second-order valence-corrected chi connectivity index (χ2v) is 5.94. The number of hydrogen-bond acceptors (Lipinski definition) is 3. The van der Waals surface area contributed by atoms with Crippen LogP contribution >= 0.6 is 34.4 Å². The monoisotopic (exact) mass is 372 g/mol. The normalized spacial score (nSPS) is 10.8. The first-order valence-electron chi connectivity index (χ1n) is 5.61. The largest absolute Gasteiger partial charge is 0.287 e. The van der Waals surface area contributed by atoms with Crippen LogP contribution in [-0.4, -0.2) is 15.3 Å². The minimum atomic E-state index is 0.0348. The molecule has 0 aliphatic carbocycles. The van der Waals surface area contributed by atoms with Gasteiger partial charge in [0.1, 0.15) is 0 Å². The van der Waals surface area contributed by atoms with Gasteiger partial charge < -0.3 is 0 Å². The lowest BCUT2D eigenvalue weighted by Gasteiger charge is -2.10. The predicted octanol–water partition coefficient (Wildman–Crippen LogP) is 3.30. The quantitative estimate of drug-likeness (QED) is 0.358. The molecule has 0 amide bonds. The predicted molar refractivity (Wildman–Crippen MR) is 85.3 cm³/mol. The summed E-state index contributed by atoms with van der Waals surface area (Å²) < 4.78 is 2.76. The van der Waals surface area contributed by atoms with Crippen LogP contribution < -0.4 is 5.56 Å². The van der Waals surface area contributed by atoms with Crippen LogP contribution in [-0.2, 0) is 6.54 Å². The standard InChI is InChI=1S/C13H13IN2OS/c1-3-7-18-13-15-11-6-5-9(14)8-10(11)12(17)16(13)4-2/h3,5-6,8H,1,4,7H2,2H3. The summed E-state index contributed by atoms with van der Waals surface area (Å²) in [5.74, 6) is 0.752. The zero-order chi connectivity index (χ0) is 13.1. The molecule has 1 heterocycles. The summed E-state index contributed by atoms with van der Waals surface area (Å²) >= 11 is 3.74. The molecule has 2 rings (SSSR count). The number of halogens is 1. The minimum absolute atomic E-state index is 0.0348. The van der Waals surface area contributed by atoms with Crippen molar-refractivity contribution in [2.24, 2.45) is 0 Å². The average molecular weight is 372 g/mol. The highest BCUT2D eigenvalue weighted by Gasteiger charge is 2.10. The summed E-state index contributed by atoms with van der Waals surface area (Å²) in [4.78, 5) is 16.9. The van der Waals surface area contributed by atoms with E-state index in [-0.39, 0.29) is 5.56 Å². The van der Waals surface area contributed by atoms with E-state index in [0.717, 1.165) is 20.0 Å². The van der Waals surface area contributed by atoms with Gasteiger partial charge in [0.15, 0.2) is 5.16 Å². The lowest BCUT2D eigenvalue weighted by Crippen LogP contribution is -2.22. The summed E-state index contributed by atoms with van der Waals surface area (Å²) in [6, 6.07) is 5.75. The molecule has 0 unspecified atom stereocenters. The molecule has 0 bridgehead atoms. The van der Waals surface area contributed by atoms with E-state index in [1.807, 2.05) is 31.2 Å². The van der Waals surface area contributed by atoms with E-state index in [1.54, 1.807) is 4.57 Å². The van der Waals surface area contributed by atoms with Crippen molar-refractivity contribution in [2.45, 2.75) is 18.6 Å². The highest BCUT2D eigenvalue weighted by atomic mass is 127. The highest BCUT2D eigenvalue weighted by Crippen LogP contribution is 2.19. The summed E-state index contributed by atoms with van der Waals surface area (Å²) in [6.07, 6.45) is 1.81. The average Bonchev–Trinajstić information content (AvgIpc) is 2.37. The van der Waals surface area contributed by atoms with Gasteiger partial charge in [0.05, 0.1) is 10.9 Å². The molecule has 94 valence electrons. The lowest BCUT2D eigenvalue weighted by atomic mass is 10.2. The molecule has 5 heteroatoms. The van der Waals surface area contributed by atoms with Crippen LogP contribution in [0.25, 0.3) is 10.9 Å². The summed E-state index contributed by atoms with van der Waals surface area (Å²) in [7, 11) is 0. The van der Waals surface area contributed by atoms with Gasteiger partial charge in [-0.15, -0.1) is 6.58 Å². The molecule has 0 atom stereocenters. The third-order valence-corrected chi connectivity index (χ3v) is 4.17. The van der Waals surface area contributed by atoms with E-state index < -0.39 is 0 Å². The third-order valence-electron chi connectivity index (χ3n) is 2.53. The number of aromatic nitrogens is 2. The Morgan fingerprint density at radius 2 is 2.33 bits per heavy atom. The zero-order valence-electron chi connectivity index (χ0n) is 10.0. The highest BCUT2D eigenvalue weighted by molar-refractivity contribution is 14.1. The fourth-order valence-corrected chi connectivity index (χ4v) is 2.98. The van der Waals surface area contributed by atoms with Gasteiger partial charge in [-0.05, 0) is 47.7 Å². The Hall–Kier alpha value is -0.820. The molecular weight excluding hydrogens is 359 g/mol. The van der Waals surface area contributed by atoms with E-state index in [2.05, 4.69) is 34.2 Å². The van der Waals surface area contributed by atoms with E-state index in [1.165, 1.54) is 11.8 Å². The molecular formula is C13H13IN2OS. The number of fused-ring (bicyclic) bond motifs is 1. The molecule has 0 saturated heterocycles. The lowest BCUT2D eigenvalue weighted by molar-refractivity contribution is 0.635. The first kappa shape index (κ1) is 13.6. The zero-order valence-corrected chi connectivity index (χ0v) is 13.0. The molecule has 3 nitrogen and oxygen atoms in total. The van der Waals surface area contributed by atoms with Crippen molar-refractivity contribution < 1.29 is 0 Å². The van der Waals surface area contributed by atoms with Crippen molar-refractivity contribution in [1.29, 1.82) is 0 Å². The first-order chi connectivity index (χ1) is 8.67. The van der Waals surface area contributed by atoms with Crippen LogP contribution in [0.2, 0.25) is 0 Å². The first-order valence-corrected chi connectivity index (χ1v) is 7.67. The van der Waals surface area contributed by atoms with Gasteiger partial charge in [-0.25, -0.2) is 4.98 Å². The van der Waals surface area contributed by atoms with E-state index in [4.69, 9.17) is 0 Å². The minimum Gasteiger partial charge on any atom is -0.287 e. The van der Waals surface area contributed by atoms with E-state index >= 15 is 0 Å². The molecule has 0 saturated carbocycles. The maximum absolute atomic E-state index is 12.4. The van der Waals surface area contributed by atoms with Gasteiger partial charge in [-0.3, -0.25) is 9.36 Å². The molecule has 0 aliphatic rings. The topological polar surface area (TPSA) is 34.9 Å². The molecule has 1 aromatic heterocycles.